The number of halogens is 1. The molecular weight excluding hydrogens is 450 g/mol. The highest BCUT2D eigenvalue weighted by Gasteiger charge is 2.13. The van der Waals surface area contributed by atoms with Crippen LogP contribution in [0.15, 0.2) is 81.9 Å². The zero-order valence-electron chi connectivity index (χ0n) is 15.6. The molecule has 0 aliphatic carbocycles. The van der Waals surface area contributed by atoms with Crippen LogP contribution in [0.25, 0.3) is 11.4 Å². The third-order valence-corrected chi connectivity index (χ3v) is 4.57. The summed E-state index contributed by atoms with van der Waals surface area (Å²) < 4.78 is 12.1. The second-order valence-corrected chi connectivity index (χ2v) is 7.23. The maximum absolute atomic E-state index is 12.4. The molecular formula is C22H16BrN3O4. The fourth-order valence-electron chi connectivity index (χ4n) is 2.67. The molecule has 8 heteroatoms. The molecule has 0 fully saturated rings. The monoisotopic (exact) mass is 465 g/mol. The first-order valence-corrected chi connectivity index (χ1v) is 9.76. The van der Waals surface area contributed by atoms with Gasteiger partial charge < -0.3 is 19.6 Å². The van der Waals surface area contributed by atoms with Gasteiger partial charge in [-0.3, -0.25) is 4.79 Å². The number of aromatic nitrogens is 2. The number of carbonyl (C=O) groups excluding carboxylic acids is 1. The number of furan rings is 1. The van der Waals surface area contributed by atoms with Crippen LogP contribution in [0.1, 0.15) is 16.3 Å². The Morgan fingerprint density at radius 3 is 2.63 bits per heavy atom. The van der Waals surface area contributed by atoms with Gasteiger partial charge in [0.15, 0.2) is 11.6 Å². The van der Waals surface area contributed by atoms with Gasteiger partial charge in [0.1, 0.15) is 23.9 Å². The molecule has 4 rings (SSSR count). The molecule has 0 radical (unpaired) electrons. The third-order valence-electron chi connectivity index (χ3n) is 4.08. The summed E-state index contributed by atoms with van der Waals surface area (Å²) in [7, 11) is 0. The highest BCUT2D eigenvalue weighted by Crippen LogP contribution is 2.21. The van der Waals surface area contributed by atoms with Crippen LogP contribution in [-0.4, -0.2) is 21.0 Å². The molecule has 0 saturated heterocycles. The lowest BCUT2D eigenvalue weighted by Gasteiger charge is -2.05. The first kappa shape index (κ1) is 19.7. The summed E-state index contributed by atoms with van der Waals surface area (Å²) >= 11 is 3.39. The Hall–Kier alpha value is -3.65. The maximum atomic E-state index is 12.4. The lowest BCUT2D eigenvalue weighted by atomic mass is 10.2. The summed E-state index contributed by atoms with van der Waals surface area (Å²) in [6.07, 6.45) is 2.98. The number of carbonyl (C=O) groups is 1. The van der Waals surface area contributed by atoms with E-state index in [9.17, 15) is 9.90 Å². The number of hydrogen-bond acceptors (Lipinski definition) is 6. The number of ether oxygens (including phenoxy) is 1. The molecule has 7 nitrogen and oxygen atoms in total. The van der Waals surface area contributed by atoms with Gasteiger partial charge >= 0.3 is 0 Å². The van der Waals surface area contributed by atoms with E-state index in [1.54, 1.807) is 36.4 Å². The number of hydrogen-bond donors (Lipinski definition) is 2. The molecule has 2 aromatic carbocycles. The first-order chi connectivity index (χ1) is 14.6. The van der Waals surface area contributed by atoms with E-state index >= 15 is 0 Å². The van der Waals surface area contributed by atoms with E-state index < -0.39 is 5.91 Å². The Bertz CT molecular complexity index is 1170. The van der Waals surface area contributed by atoms with Crippen LogP contribution in [0, 0.1) is 0 Å². The molecule has 0 spiro atoms. The van der Waals surface area contributed by atoms with E-state index in [0.717, 1.165) is 4.47 Å². The SMILES string of the molecule is O=C(Nc1cnc(-c2cccc(O)c2)nc1)c1ccc(COc2cccc(Br)c2)o1. The number of anilines is 1. The van der Waals surface area contributed by atoms with Crippen molar-refractivity contribution in [2.45, 2.75) is 6.61 Å². The van der Waals surface area contributed by atoms with E-state index in [1.807, 2.05) is 24.3 Å². The first-order valence-electron chi connectivity index (χ1n) is 8.97. The Morgan fingerprint density at radius 1 is 1.07 bits per heavy atom. The van der Waals surface area contributed by atoms with E-state index in [2.05, 4.69) is 31.2 Å². The second kappa shape index (κ2) is 8.79. The average molecular weight is 466 g/mol. The molecule has 4 aromatic rings. The van der Waals surface area contributed by atoms with Gasteiger partial charge in [-0.05, 0) is 42.5 Å². The number of nitrogens with zero attached hydrogens (tertiary/aromatic N) is 2. The summed E-state index contributed by atoms with van der Waals surface area (Å²) in [5.41, 5.74) is 1.10. The maximum Gasteiger partial charge on any atom is 0.291 e. The Balaban J connectivity index is 1.37. The van der Waals surface area contributed by atoms with Crippen molar-refractivity contribution in [1.82, 2.24) is 9.97 Å². The standard InChI is InChI=1S/C22H16BrN3O4/c23-15-4-2-6-18(10-15)29-13-19-7-8-20(30-19)22(28)26-16-11-24-21(25-12-16)14-3-1-5-17(27)9-14/h1-12,27H,13H2,(H,26,28). The summed E-state index contributed by atoms with van der Waals surface area (Å²) in [6, 6.07) is 17.3. The normalized spacial score (nSPS) is 10.6. The Morgan fingerprint density at radius 2 is 1.87 bits per heavy atom. The number of rotatable bonds is 6. The Kier molecular flexibility index (Phi) is 5.76. The Labute approximate surface area is 180 Å². The molecule has 0 aliphatic heterocycles. The van der Waals surface area contributed by atoms with Gasteiger partial charge in [-0.15, -0.1) is 0 Å². The predicted octanol–water partition coefficient (Wildman–Crippen LogP) is 5.04. The third kappa shape index (κ3) is 4.84. The molecule has 2 heterocycles. The molecule has 0 bridgehead atoms. The number of benzene rings is 2. The summed E-state index contributed by atoms with van der Waals surface area (Å²) in [4.78, 5) is 20.8. The van der Waals surface area contributed by atoms with Crippen LogP contribution in [0.4, 0.5) is 5.69 Å². The lowest BCUT2D eigenvalue weighted by Crippen LogP contribution is -2.11. The minimum Gasteiger partial charge on any atom is -0.508 e. The van der Waals surface area contributed by atoms with Crippen LogP contribution >= 0.6 is 15.9 Å². The van der Waals surface area contributed by atoms with Gasteiger partial charge in [-0.2, -0.15) is 0 Å². The van der Waals surface area contributed by atoms with E-state index in [4.69, 9.17) is 9.15 Å². The highest BCUT2D eigenvalue weighted by molar-refractivity contribution is 9.10. The number of aromatic hydroxyl groups is 1. The van der Waals surface area contributed by atoms with Crippen LogP contribution in [0.3, 0.4) is 0 Å². The van der Waals surface area contributed by atoms with E-state index in [0.29, 0.717) is 28.6 Å². The van der Waals surface area contributed by atoms with Crippen molar-refractivity contribution in [3.8, 4) is 22.9 Å². The smallest absolute Gasteiger partial charge is 0.291 e. The van der Waals surface area contributed by atoms with Crippen LogP contribution < -0.4 is 10.1 Å². The fraction of sp³-hybridized carbons (Fsp3) is 0.0455. The quantitative estimate of drug-likeness (QED) is 0.414. The largest absolute Gasteiger partial charge is 0.508 e. The predicted molar refractivity (Wildman–Crippen MR) is 114 cm³/mol. The number of nitrogens with one attached hydrogen (secondary N) is 1. The zero-order chi connectivity index (χ0) is 20.9. The van der Waals surface area contributed by atoms with Gasteiger partial charge in [0.25, 0.3) is 5.91 Å². The molecule has 30 heavy (non-hydrogen) atoms. The summed E-state index contributed by atoms with van der Waals surface area (Å²) in [5, 5.41) is 12.2. The van der Waals surface area contributed by atoms with Gasteiger partial charge in [0.2, 0.25) is 0 Å². The molecule has 2 aromatic heterocycles. The molecule has 2 N–H and O–H groups in total. The van der Waals surface area contributed by atoms with Crippen LogP contribution in [0.5, 0.6) is 11.5 Å². The van der Waals surface area contributed by atoms with Crippen molar-refractivity contribution in [3.05, 3.63) is 89.1 Å². The van der Waals surface area contributed by atoms with Crippen molar-refractivity contribution in [2.75, 3.05) is 5.32 Å². The van der Waals surface area contributed by atoms with Gasteiger partial charge in [-0.25, -0.2) is 9.97 Å². The van der Waals surface area contributed by atoms with Crippen molar-refractivity contribution >= 4 is 27.5 Å². The molecule has 0 unspecified atom stereocenters. The fourth-order valence-corrected chi connectivity index (χ4v) is 3.05. The number of amides is 1. The molecule has 0 saturated carbocycles. The highest BCUT2D eigenvalue weighted by atomic mass is 79.9. The molecule has 0 aliphatic rings. The summed E-state index contributed by atoms with van der Waals surface area (Å²) in [5.74, 6) is 1.52. The number of phenols is 1. The van der Waals surface area contributed by atoms with Crippen molar-refractivity contribution in [1.29, 1.82) is 0 Å². The van der Waals surface area contributed by atoms with E-state index in [-0.39, 0.29) is 18.1 Å². The van der Waals surface area contributed by atoms with Crippen molar-refractivity contribution in [2.24, 2.45) is 0 Å². The van der Waals surface area contributed by atoms with Gasteiger partial charge in [-0.1, -0.05) is 34.1 Å². The minimum atomic E-state index is -0.419. The lowest BCUT2D eigenvalue weighted by molar-refractivity contribution is 0.0992. The van der Waals surface area contributed by atoms with Gasteiger partial charge in [0, 0.05) is 10.0 Å². The van der Waals surface area contributed by atoms with Crippen molar-refractivity contribution < 1.29 is 19.1 Å². The second-order valence-electron chi connectivity index (χ2n) is 6.31. The van der Waals surface area contributed by atoms with E-state index in [1.165, 1.54) is 12.4 Å². The molecule has 0 atom stereocenters. The molecule has 1 amide bonds. The van der Waals surface area contributed by atoms with Gasteiger partial charge in [0.05, 0.1) is 18.1 Å². The van der Waals surface area contributed by atoms with Crippen LogP contribution in [0.2, 0.25) is 0 Å². The van der Waals surface area contributed by atoms with Crippen LogP contribution in [-0.2, 0) is 6.61 Å². The zero-order valence-corrected chi connectivity index (χ0v) is 17.2. The topological polar surface area (TPSA) is 97.5 Å². The molecule has 150 valence electrons. The number of phenolic OH excluding ortho intramolecular Hbond substituents is 1. The average Bonchev–Trinajstić information content (AvgIpc) is 3.22. The summed E-state index contributed by atoms with van der Waals surface area (Å²) in [6.45, 7) is 0.200. The minimum absolute atomic E-state index is 0.131. The van der Waals surface area contributed by atoms with Crippen molar-refractivity contribution in [3.63, 3.8) is 0 Å².